The lowest BCUT2D eigenvalue weighted by molar-refractivity contribution is -0.161. The Morgan fingerprint density at radius 3 is 0.703 bits per heavy atom. The summed E-state index contributed by atoms with van der Waals surface area (Å²) >= 11 is 0. The molecule has 0 fully saturated rings. The van der Waals surface area contributed by atoms with E-state index in [1.54, 1.807) is 0 Å². The maximum absolute atomic E-state index is 13.1. The monoisotopic (exact) mass is 1480 g/mol. The molecule has 0 aromatic heterocycles. The molecular weight excluding hydrogens is 1320 g/mol. The van der Waals surface area contributed by atoms with Crippen LogP contribution in [0.1, 0.15) is 421 Å². The molecule has 0 aliphatic carbocycles. The first kappa shape index (κ1) is 99.1. The van der Waals surface area contributed by atoms with Crippen molar-refractivity contribution in [3.05, 3.63) is 0 Å². The van der Waals surface area contributed by atoms with Crippen LogP contribution in [-0.2, 0) is 65.4 Å². The lowest BCUT2D eigenvalue weighted by Gasteiger charge is -2.21. The van der Waals surface area contributed by atoms with Crippen LogP contribution in [0.2, 0.25) is 0 Å². The molecule has 0 aromatic rings. The highest BCUT2D eigenvalue weighted by atomic mass is 31.2. The van der Waals surface area contributed by atoms with Gasteiger partial charge >= 0.3 is 39.5 Å². The predicted molar refractivity (Wildman–Crippen MR) is 414 cm³/mol. The van der Waals surface area contributed by atoms with Gasteiger partial charge in [-0.05, 0) is 49.4 Å². The molecule has 0 amide bonds. The zero-order valence-electron chi connectivity index (χ0n) is 66.5. The van der Waals surface area contributed by atoms with Crippen molar-refractivity contribution < 1.29 is 80.2 Å². The molecule has 101 heavy (non-hydrogen) atoms. The van der Waals surface area contributed by atoms with Crippen molar-refractivity contribution in [2.75, 3.05) is 39.6 Å². The van der Waals surface area contributed by atoms with Crippen molar-refractivity contribution in [1.82, 2.24) is 0 Å². The molecule has 0 aliphatic heterocycles. The van der Waals surface area contributed by atoms with Crippen molar-refractivity contribution >= 4 is 39.5 Å². The number of phosphoric acid groups is 2. The van der Waals surface area contributed by atoms with Gasteiger partial charge in [0.25, 0.3) is 0 Å². The maximum Gasteiger partial charge on any atom is 0.472 e. The highest BCUT2D eigenvalue weighted by Gasteiger charge is 2.30. The minimum Gasteiger partial charge on any atom is -0.462 e. The zero-order valence-corrected chi connectivity index (χ0v) is 68.3. The average molecular weight is 1480 g/mol. The van der Waals surface area contributed by atoms with Gasteiger partial charge in [0.1, 0.15) is 19.3 Å². The minimum absolute atomic E-state index is 0.106. The molecule has 19 heteroatoms. The summed E-state index contributed by atoms with van der Waals surface area (Å²) in [5, 5.41) is 10.7. The Morgan fingerprint density at radius 2 is 0.475 bits per heavy atom. The number of aliphatic hydroxyl groups excluding tert-OH is 1. The molecular formula is C82H160O17P2. The summed E-state index contributed by atoms with van der Waals surface area (Å²) in [6.07, 6.45) is 58.0. The summed E-state index contributed by atoms with van der Waals surface area (Å²) in [6, 6.07) is 0. The third-order valence-electron chi connectivity index (χ3n) is 19.8. The molecule has 0 saturated heterocycles. The molecule has 0 radical (unpaired) electrons. The largest absolute Gasteiger partial charge is 0.472 e. The Morgan fingerprint density at radius 1 is 0.277 bits per heavy atom. The van der Waals surface area contributed by atoms with Crippen molar-refractivity contribution in [2.24, 2.45) is 23.7 Å². The molecule has 0 rings (SSSR count). The SMILES string of the molecule is CCC(C)CCCCCCCCCCCCCCCCC(=O)O[C@H](COC(=O)CCCCCCCCCCCCCCCC(C)C)COP(=O)(O)OC[C@@H](O)COP(=O)(O)OC[C@@H](COC(=O)CCCCCCCCCCC(C)CC)OC(=O)CCCCCCCCCCCCCCC(C)C. The fraction of sp³-hybridized carbons (Fsp3) is 0.951. The molecule has 3 N–H and O–H groups in total. The number of rotatable bonds is 79. The van der Waals surface area contributed by atoms with Gasteiger partial charge in [0.2, 0.25) is 0 Å². The summed E-state index contributed by atoms with van der Waals surface area (Å²) in [5.74, 6) is 1.08. The Bertz CT molecular complexity index is 1980. The van der Waals surface area contributed by atoms with Gasteiger partial charge in [0.15, 0.2) is 12.2 Å². The summed E-state index contributed by atoms with van der Waals surface area (Å²) in [7, 11) is -9.93. The highest BCUT2D eigenvalue weighted by Crippen LogP contribution is 2.45. The summed E-state index contributed by atoms with van der Waals surface area (Å²) in [4.78, 5) is 73.1. The second-order valence-corrected chi connectivity index (χ2v) is 33.9. The molecule has 0 aromatic carbocycles. The fourth-order valence-electron chi connectivity index (χ4n) is 12.5. The van der Waals surface area contributed by atoms with Crippen LogP contribution in [0.3, 0.4) is 0 Å². The summed E-state index contributed by atoms with van der Waals surface area (Å²) < 4.78 is 68.8. The maximum atomic E-state index is 13.1. The van der Waals surface area contributed by atoms with E-state index in [1.165, 1.54) is 225 Å². The lowest BCUT2D eigenvalue weighted by atomic mass is 9.99. The molecule has 0 aliphatic rings. The van der Waals surface area contributed by atoms with Crippen LogP contribution in [0.25, 0.3) is 0 Å². The number of hydrogen-bond acceptors (Lipinski definition) is 15. The quantitative estimate of drug-likeness (QED) is 0.0222. The van der Waals surface area contributed by atoms with Crippen LogP contribution in [0, 0.1) is 23.7 Å². The van der Waals surface area contributed by atoms with Gasteiger partial charge in [0.05, 0.1) is 26.4 Å². The van der Waals surface area contributed by atoms with E-state index in [0.29, 0.717) is 25.7 Å². The zero-order chi connectivity index (χ0) is 74.6. The van der Waals surface area contributed by atoms with Gasteiger partial charge in [-0.3, -0.25) is 37.3 Å². The van der Waals surface area contributed by atoms with Crippen molar-refractivity contribution in [3.8, 4) is 0 Å². The van der Waals surface area contributed by atoms with E-state index in [1.807, 2.05) is 0 Å². The third kappa shape index (κ3) is 73.4. The number of esters is 4. The highest BCUT2D eigenvalue weighted by molar-refractivity contribution is 7.47. The smallest absolute Gasteiger partial charge is 0.462 e. The number of carbonyl (C=O) groups is 4. The second kappa shape index (κ2) is 71.0. The van der Waals surface area contributed by atoms with E-state index in [9.17, 15) is 43.2 Å². The van der Waals surface area contributed by atoms with Gasteiger partial charge in [-0.2, -0.15) is 0 Å². The number of hydrogen-bond donors (Lipinski definition) is 3. The number of phosphoric ester groups is 2. The van der Waals surface area contributed by atoms with E-state index in [0.717, 1.165) is 114 Å². The molecule has 0 saturated carbocycles. The summed E-state index contributed by atoms with van der Waals surface area (Å²) in [6.45, 7) is 14.3. The first-order valence-electron chi connectivity index (χ1n) is 42.3. The molecule has 0 heterocycles. The third-order valence-corrected chi connectivity index (χ3v) is 21.7. The van der Waals surface area contributed by atoms with E-state index in [-0.39, 0.29) is 25.7 Å². The minimum atomic E-state index is -4.96. The van der Waals surface area contributed by atoms with E-state index >= 15 is 0 Å². The normalized spacial score (nSPS) is 14.5. The Balaban J connectivity index is 5.28. The van der Waals surface area contributed by atoms with Gasteiger partial charge in [-0.1, -0.05) is 370 Å². The first-order chi connectivity index (χ1) is 48.7. The summed E-state index contributed by atoms with van der Waals surface area (Å²) in [5.41, 5.74) is 0. The first-order valence-corrected chi connectivity index (χ1v) is 45.3. The molecule has 4 unspecified atom stereocenters. The molecule has 7 atom stereocenters. The molecule has 600 valence electrons. The van der Waals surface area contributed by atoms with Gasteiger partial charge in [-0.25, -0.2) is 9.13 Å². The molecule has 0 bridgehead atoms. The van der Waals surface area contributed by atoms with Crippen LogP contribution < -0.4 is 0 Å². The van der Waals surface area contributed by atoms with Crippen LogP contribution >= 0.6 is 15.6 Å². The van der Waals surface area contributed by atoms with E-state index < -0.39 is 97.5 Å². The van der Waals surface area contributed by atoms with Crippen LogP contribution in [0.4, 0.5) is 0 Å². The standard InChI is InChI=1S/C82H160O17P2/c1-9-74(7)60-52-44-36-28-22-15-11-12-16-24-30-40-48-56-64-81(86)98-77(68-92-79(84)62-54-46-38-29-23-17-13-14-20-26-34-42-50-58-72(3)4)70-96-100(88,89)94-66-76(83)67-95-101(90,91)97-71-78(69-93-80(85)63-55-47-39-33-32-37-45-53-61-75(8)10-2)99-82(87)65-57-49-41-31-25-19-18-21-27-35-43-51-59-73(5)6/h72-78,83H,9-71H2,1-8H3,(H,88,89)(H,90,91)/t74?,75?,76-,77-,78-/m1/s1. The van der Waals surface area contributed by atoms with Gasteiger partial charge < -0.3 is 33.8 Å². The van der Waals surface area contributed by atoms with Crippen LogP contribution in [-0.4, -0.2) is 96.7 Å². The number of unbranched alkanes of at least 4 members (excludes halogenated alkanes) is 43. The Kier molecular flexibility index (Phi) is 69.6. The number of ether oxygens (including phenoxy) is 4. The van der Waals surface area contributed by atoms with Crippen molar-refractivity contribution in [3.63, 3.8) is 0 Å². The van der Waals surface area contributed by atoms with Gasteiger partial charge in [-0.15, -0.1) is 0 Å². The Hall–Kier alpha value is -1.94. The van der Waals surface area contributed by atoms with Crippen LogP contribution in [0.15, 0.2) is 0 Å². The van der Waals surface area contributed by atoms with Gasteiger partial charge in [0, 0.05) is 25.7 Å². The number of carbonyl (C=O) groups excluding carboxylic acids is 4. The Labute approximate surface area is 619 Å². The average Bonchev–Trinajstić information content (AvgIpc) is 0.989. The fourth-order valence-corrected chi connectivity index (χ4v) is 14.1. The van der Waals surface area contributed by atoms with Crippen molar-refractivity contribution in [2.45, 2.75) is 440 Å². The predicted octanol–water partition coefficient (Wildman–Crippen LogP) is 24.4. The second-order valence-electron chi connectivity index (χ2n) is 31.0. The van der Waals surface area contributed by atoms with Crippen molar-refractivity contribution in [1.29, 1.82) is 0 Å². The van der Waals surface area contributed by atoms with Crippen LogP contribution in [0.5, 0.6) is 0 Å². The molecule has 0 spiro atoms. The topological polar surface area (TPSA) is 237 Å². The van der Waals surface area contributed by atoms with E-state index in [2.05, 4.69) is 55.4 Å². The lowest BCUT2D eigenvalue weighted by Crippen LogP contribution is -2.30. The molecule has 17 nitrogen and oxygen atoms in total. The van der Waals surface area contributed by atoms with E-state index in [4.69, 9.17) is 37.0 Å². The number of aliphatic hydroxyl groups is 1.